The summed E-state index contributed by atoms with van der Waals surface area (Å²) in [7, 11) is 0. The van der Waals surface area contributed by atoms with Gasteiger partial charge in [-0.15, -0.1) is 0 Å². The van der Waals surface area contributed by atoms with Gasteiger partial charge in [0.15, 0.2) is 0 Å². The molecule has 2 aliphatic carbocycles. The van der Waals surface area contributed by atoms with Crippen molar-refractivity contribution in [2.75, 3.05) is 6.61 Å². The highest BCUT2D eigenvalue weighted by Crippen LogP contribution is 2.29. The largest absolute Gasteiger partial charge is 0.480 e. The number of rotatable bonds is 8. The minimum Gasteiger partial charge on any atom is -0.480 e. The Morgan fingerprint density at radius 1 is 1.35 bits per heavy atom. The van der Waals surface area contributed by atoms with E-state index in [0.717, 1.165) is 31.6 Å². The molecular weight excluding hydrogens is 254 g/mol. The van der Waals surface area contributed by atoms with E-state index in [1.807, 2.05) is 0 Å². The van der Waals surface area contributed by atoms with E-state index in [0.29, 0.717) is 25.2 Å². The lowest BCUT2D eigenvalue weighted by Crippen LogP contribution is -2.51. The van der Waals surface area contributed by atoms with Gasteiger partial charge in [-0.2, -0.15) is 0 Å². The number of ether oxygens (including phenoxy) is 1. The Morgan fingerprint density at radius 2 is 2.10 bits per heavy atom. The van der Waals surface area contributed by atoms with Crippen LogP contribution in [0.5, 0.6) is 0 Å². The summed E-state index contributed by atoms with van der Waals surface area (Å²) in [6.07, 6.45) is 9.18. The Morgan fingerprint density at radius 3 is 2.70 bits per heavy atom. The Labute approximate surface area is 122 Å². The number of carboxylic acids is 1. The van der Waals surface area contributed by atoms with E-state index < -0.39 is 11.5 Å². The van der Waals surface area contributed by atoms with Gasteiger partial charge in [-0.05, 0) is 44.9 Å². The summed E-state index contributed by atoms with van der Waals surface area (Å²) in [5.41, 5.74) is -0.833. The van der Waals surface area contributed by atoms with Crippen molar-refractivity contribution in [2.24, 2.45) is 5.92 Å². The van der Waals surface area contributed by atoms with Crippen LogP contribution < -0.4 is 5.32 Å². The summed E-state index contributed by atoms with van der Waals surface area (Å²) in [6.45, 7) is 4.57. The van der Waals surface area contributed by atoms with Gasteiger partial charge in [-0.25, -0.2) is 0 Å². The van der Waals surface area contributed by atoms with E-state index in [2.05, 4.69) is 12.2 Å². The van der Waals surface area contributed by atoms with Gasteiger partial charge in [-0.3, -0.25) is 10.1 Å². The predicted molar refractivity (Wildman–Crippen MR) is 78.8 cm³/mol. The molecule has 0 radical (unpaired) electrons. The Bertz CT molecular complexity index is 330. The Balaban J connectivity index is 1.73. The van der Waals surface area contributed by atoms with Gasteiger partial charge < -0.3 is 9.84 Å². The van der Waals surface area contributed by atoms with Gasteiger partial charge in [0.05, 0.1) is 6.10 Å². The second-order valence-corrected chi connectivity index (χ2v) is 6.74. The third-order valence-electron chi connectivity index (χ3n) is 4.84. The highest BCUT2D eigenvalue weighted by molar-refractivity contribution is 5.78. The first kappa shape index (κ1) is 15.8. The number of hydrogen-bond donors (Lipinski definition) is 2. The zero-order chi connectivity index (χ0) is 14.6. The van der Waals surface area contributed by atoms with Crippen molar-refractivity contribution in [2.45, 2.75) is 82.9 Å². The van der Waals surface area contributed by atoms with Gasteiger partial charge in [-0.1, -0.05) is 26.2 Å². The fourth-order valence-corrected chi connectivity index (χ4v) is 3.11. The van der Waals surface area contributed by atoms with Crippen molar-refractivity contribution in [3.8, 4) is 0 Å². The number of carboxylic acid groups (broad SMARTS) is 1. The van der Waals surface area contributed by atoms with E-state index >= 15 is 0 Å². The summed E-state index contributed by atoms with van der Waals surface area (Å²) in [5.74, 6) is 0.0345. The van der Waals surface area contributed by atoms with E-state index in [1.54, 1.807) is 6.92 Å². The highest BCUT2D eigenvalue weighted by Gasteiger charge is 2.38. The molecule has 2 saturated carbocycles. The molecular formula is C16H29NO3. The lowest BCUT2D eigenvalue weighted by atomic mass is 9.85. The lowest BCUT2D eigenvalue weighted by molar-refractivity contribution is -0.145. The third-order valence-corrected chi connectivity index (χ3v) is 4.84. The van der Waals surface area contributed by atoms with Gasteiger partial charge >= 0.3 is 5.97 Å². The van der Waals surface area contributed by atoms with Crippen LogP contribution in [0, 0.1) is 5.92 Å². The normalized spacial score (nSPS) is 29.9. The van der Waals surface area contributed by atoms with Crippen LogP contribution in [0.2, 0.25) is 0 Å². The summed E-state index contributed by atoms with van der Waals surface area (Å²) >= 11 is 0. The van der Waals surface area contributed by atoms with E-state index in [1.165, 1.54) is 19.3 Å². The van der Waals surface area contributed by atoms with Crippen LogP contribution in [0.4, 0.5) is 0 Å². The molecule has 0 amide bonds. The van der Waals surface area contributed by atoms with Crippen molar-refractivity contribution < 1.29 is 14.6 Å². The topological polar surface area (TPSA) is 58.6 Å². The monoisotopic (exact) mass is 283 g/mol. The van der Waals surface area contributed by atoms with E-state index in [-0.39, 0.29) is 0 Å². The molecule has 2 aliphatic rings. The number of hydrogen-bond acceptors (Lipinski definition) is 3. The van der Waals surface area contributed by atoms with Crippen molar-refractivity contribution >= 4 is 5.97 Å². The zero-order valence-electron chi connectivity index (χ0n) is 12.9. The van der Waals surface area contributed by atoms with Crippen LogP contribution in [0.15, 0.2) is 0 Å². The number of nitrogens with one attached hydrogen (secondary N) is 1. The minimum absolute atomic E-state index is 0.340. The van der Waals surface area contributed by atoms with E-state index in [4.69, 9.17) is 4.74 Å². The maximum atomic E-state index is 11.4. The van der Waals surface area contributed by atoms with Crippen LogP contribution in [0.3, 0.4) is 0 Å². The molecule has 0 spiro atoms. The Hall–Kier alpha value is -0.610. The van der Waals surface area contributed by atoms with Crippen molar-refractivity contribution in [1.29, 1.82) is 0 Å². The molecule has 0 aliphatic heterocycles. The summed E-state index contributed by atoms with van der Waals surface area (Å²) in [4.78, 5) is 11.4. The van der Waals surface area contributed by atoms with Crippen LogP contribution in [-0.2, 0) is 9.53 Å². The maximum absolute atomic E-state index is 11.4. The maximum Gasteiger partial charge on any atom is 0.323 e. The molecule has 2 N–H and O–H groups in total. The molecule has 20 heavy (non-hydrogen) atoms. The minimum atomic E-state index is -0.833. The average molecular weight is 283 g/mol. The van der Waals surface area contributed by atoms with Crippen LogP contribution >= 0.6 is 0 Å². The molecule has 2 fully saturated rings. The van der Waals surface area contributed by atoms with Gasteiger partial charge in [0.2, 0.25) is 0 Å². The first-order chi connectivity index (χ1) is 9.53. The summed E-state index contributed by atoms with van der Waals surface area (Å²) in [5, 5.41) is 12.7. The summed E-state index contributed by atoms with van der Waals surface area (Å²) in [6, 6.07) is 0.398. The first-order valence-electron chi connectivity index (χ1n) is 8.16. The van der Waals surface area contributed by atoms with Crippen LogP contribution in [0.25, 0.3) is 0 Å². The summed E-state index contributed by atoms with van der Waals surface area (Å²) < 4.78 is 5.96. The number of aliphatic carboxylic acids is 1. The standard InChI is InChI=1S/C16H29NO3/c1-3-12-5-4-6-14(11-12)20-10-9-16(2,15(18)19)17-13-7-8-13/h12-14,17H,3-11H2,1-2H3,(H,18,19). The second kappa shape index (κ2) is 6.90. The van der Waals surface area contributed by atoms with Crippen molar-refractivity contribution in [3.05, 3.63) is 0 Å². The smallest absolute Gasteiger partial charge is 0.323 e. The van der Waals surface area contributed by atoms with Crippen molar-refractivity contribution in [1.82, 2.24) is 5.32 Å². The Kier molecular flexibility index (Phi) is 5.44. The number of carbonyl (C=O) groups is 1. The molecule has 0 aromatic rings. The van der Waals surface area contributed by atoms with Crippen LogP contribution in [-0.4, -0.2) is 35.4 Å². The molecule has 3 unspecified atom stereocenters. The molecule has 4 nitrogen and oxygen atoms in total. The molecule has 0 bridgehead atoms. The molecule has 0 saturated heterocycles. The lowest BCUT2D eigenvalue weighted by Gasteiger charge is -2.31. The van der Waals surface area contributed by atoms with Gasteiger partial charge in [0, 0.05) is 12.6 Å². The molecule has 3 atom stereocenters. The van der Waals surface area contributed by atoms with Crippen molar-refractivity contribution in [3.63, 3.8) is 0 Å². The second-order valence-electron chi connectivity index (χ2n) is 6.74. The predicted octanol–water partition coefficient (Wildman–Crippen LogP) is 2.96. The molecule has 4 heteroatoms. The van der Waals surface area contributed by atoms with Gasteiger partial charge in [0.25, 0.3) is 0 Å². The molecule has 0 aromatic carbocycles. The zero-order valence-corrected chi connectivity index (χ0v) is 12.9. The molecule has 0 heterocycles. The van der Waals surface area contributed by atoms with Crippen LogP contribution in [0.1, 0.15) is 65.2 Å². The van der Waals surface area contributed by atoms with Gasteiger partial charge in [0.1, 0.15) is 5.54 Å². The third kappa shape index (κ3) is 4.45. The molecule has 0 aromatic heterocycles. The highest BCUT2D eigenvalue weighted by atomic mass is 16.5. The first-order valence-corrected chi connectivity index (χ1v) is 8.16. The van der Waals surface area contributed by atoms with E-state index in [9.17, 15) is 9.90 Å². The quantitative estimate of drug-likeness (QED) is 0.719. The average Bonchev–Trinajstić information content (AvgIpc) is 3.22. The fourth-order valence-electron chi connectivity index (χ4n) is 3.11. The fraction of sp³-hybridized carbons (Fsp3) is 0.938. The molecule has 116 valence electrons. The molecule has 2 rings (SSSR count). The SMILES string of the molecule is CCC1CCCC(OCCC(C)(NC2CC2)C(=O)O)C1.